The Balaban J connectivity index is 0.000000297. The van der Waals surface area contributed by atoms with Crippen LogP contribution in [0.25, 0.3) is 0 Å². The molecule has 0 heterocycles. The highest BCUT2D eigenvalue weighted by Gasteiger charge is 2.21. The van der Waals surface area contributed by atoms with E-state index in [1.54, 1.807) is 0 Å². The summed E-state index contributed by atoms with van der Waals surface area (Å²) in [4.78, 5) is 12.1. The lowest BCUT2D eigenvalue weighted by Crippen LogP contribution is -2.14. The Labute approximate surface area is 113 Å². The minimum Gasteiger partial charge on any atom is -0.329 e. The second kappa shape index (κ2) is 6.27. The maximum absolute atomic E-state index is 12.1. The first-order valence-corrected chi connectivity index (χ1v) is 6.38. The van der Waals surface area contributed by atoms with Crippen LogP contribution in [0.1, 0.15) is 27.0 Å². The maximum Gasteiger partial charge on any atom is 0.193 e. The number of hydrogen-bond acceptors (Lipinski definition) is 3. The highest BCUT2D eigenvalue weighted by atomic mass is 16.1. The predicted octanol–water partition coefficient (Wildman–Crippen LogP) is 1.73. The van der Waals surface area contributed by atoms with E-state index >= 15 is 0 Å². The van der Waals surface area contributed by atoms with Crippen LogP contribution in [-0.2, 0) is 6.42 Å². The van der Waals surface area contributed by atoms with Gasteiger partial charge < -0.3 is 11.5 Å². The summed E-state index contributed by atoms with van der Waals surface area (Å²) in [6.07, 6.45) is 0.873. The Kier molecular flexibility index (Phi) is 4.44. The second-order valence-electron chi connectivity index (χ2n) is 4.40. The molecule has 0 saturated carbocycles. The van der Waals surface area contributed by atoms with Gasteiger partial charge in [-0.2, -0.15) is 0 Å². The molecule has 19 heavy (non-hydrogen) atoms. The third-order valence-electron chi connectivity index (χ3n) is 3.07. The fourth-order valence-corrected chi connectivity index (χ4v) is 2.14. The van der Waals surface area contributed by atoms with Gasteiger partial charge in [0.15, 0.2) is 5.78 Å². The number of benzene rings is 2. The van der Waals surface area contributed by atoms with Crippen LogP contribution in [0.3, 0.4) is 0 Å². The number of carbonyl (C=O) groups is 1. The van der Waals surface area contributed by atoms with Gasteiger partial charge in [0, 0.05) is 24.2 Å². The lowest BCUT2D eigenvalue weighted by atomic mass is 9.85. The van der Waals surface area contributed by atoms with Crippen LogP contribution < -0.4 is 11.5 Å². The molecule has 0 radical (unpaired) electrons. The molecule has 0 amide bonds. The third-order valence-corrected chi connectivity index (χ3v) is 3.07. The molecule has 0 bridgehead atoms. The molecule has 3 rings (SSSR count). The van der Waals surface area contributed by atoms with Gasteiger partial charge in [-0.15, -0.1) is 0 Å². The van der Waals surface area contributed by atoms with E-state index in [1.807, 2.05) is 48.5 Å². The fourth-order valence-electron chi connectivity index (χ4n) is 2.14. The molecule has 0 saturated heterocycles. The molecular weight excluding hydrogens is 236 g/mol. The van der Waals surface area contributed by atoms with Gasteiger partial charge in [0.1, 0.15) is 0 Å². The summed E-state index contributed by atoms with van der Waals surface area (Å²) in [6, 6.07) is 15.7. The smallest absolute Gasteiger partial charge is 0.193 e. The van der Waals surface area contributed by atoms with Crippen molar-refractivity contribution in [3.63, 3.8) is 0 Å². The Morgan fingerprint density at radius 1 is 0.789 bits per heavy atom. The molecule has 4 N–H and O–H groups in total. The first kappa shape index (κ1) is 13.5. The molecule has 98 valence electrons. The fraction of sp³-hybridized carbons (Fsp3) is 0.188. The van der Waals surface area contributed by atoms with Crippen LogP contribution in [0.15, 0.2) is 48.5 Å². The molecule has 0 aliphatic heterocycles. The molecule has 0 atom stereocenters. The molecule has 0 unspecified atom stereocenters. The highest BCUT2D eigenvalue weighted by Crippen LogP contribution is 2.26. The van der Waals surface area contributed by atoms with E-state index in [-0.39, 0.29) is 5.78 Å². The van der Waals surface area contributed by atoms with Crippen molar-refractivity contribution in [3.8, 4) is 0 Å². The summed E-state index contributed by atoms with van der Waals surface area (Å²) in [5.41, 5.74) is 13.8. The maximum atomic E-state index is 12.1. The largest absolute Gasteiger partial charge is 0.329 e. The lowest BCUT2D eigenvalue weighted by molar-refractivity contribution is 0.103. The Morgan fingerprint density at radius 2 is 1.21 bits per heavy atom. The van der Waals surface area contributed by atoms with Crippen molar-refractivity contribution in [1.82, 2.24) is 0 Å². The van der Waals surface area contributed by atoms with Crippen molar-refractivity contribution in [3.05, 3.63) is 70.8 Å². The number of carbonyl (C=O) groups excluding carboxylic acids is 1. The van der Waals surface area contributed by atoms with E-state index in [9.17, 15) is 4.79 Å². The topological polar surface area (TPSA) is 69.1 Å². The van der Waals surface area contributed by atoms with Crippen LogP contribution in [0.4, 0.5) is 0 Å². The molecular formula is C16H18N2O. The Morgan fingerprint density at radius 3 is 1.63 bits per heavy atom. The first-order valence-electron chi connectivity index (χ1n) is 6.38. The van der Waals surface area contributed by atoms with Crippen molar-refractivity contribution in [1.29, 1.82) is 0 Å². The summed E-state index contributed by atoms with van der Waals surface area (Å²) in [5, 5.41) is 0. The molecule has 1 aliphatic rings. The van der Waals surface area contributed by atoms with Crippen LogP contribution in [0.2, 0.25) is 0 Å². The number of hydrogen-bond donors (Lipinski definition) is 2. The van der Waals surface area contributed by atoms with Crippen molar-refractivity contribution >= 4 is 5.78 Å². The predicted molar refractivity (Wildman–Crippen MR) is 77.2 cm³/mol. The Bertz CT molecular complexity index is 529. The van der Waals surface area contributed by atoms with Gasteiger partial charge in [-0.1, -0.05) is 48.5 Å². The van der Waals surface area contributed by atoms with Gasteiger partial charge >= 0.3 is 0 Å². The number of rotatable bonds is 1. The van der Waals surface area contributed by atoms with E-state index in [2.05, 4.69) is 0 Å². The zero-order valence-corrected chi connectivity index (χ0v) is 10.8. The van der Waals surface area contributed by atoms with E-state index in [0.717, 1.165) is 28.7 Å². The highest BCUT2D eigenvalue weighted by molar-refractivity contribution is 6.12. The summed E-state index contributed by atoms with van der Waals surface area (Å²) < 4.78 is 0. The van der Waals surface area contributed by atoms with Gasteiger partial charge in [-0.25, -0.2) is 0 Å². The number of nitrogens with two attached hydrogens (primary N) is 2. The minimum atomic E-state index is 0.160. The standard InChI is InChI=1S/C14H10O.C2H8N2/c15-14-12-7-3-1-5-10(12)9-11-6-2-4-8-13(11)14;3-1-2-4/h1-8H,9H2;1-4H2. The molecule has 1 aliphatic carbocycles. The van der Waals surface area contributed by atoms with Crippen LogP contribution in [-0.4, -0.2) is 18.9 Å². The lowest BCUT2D eigenvalue weighted by Gasteiger charge is -2.17. The molecule has 3 heteroatoms. The van der Waals surface area contributed by atoms with Crippen molar-refractivity contribution in [2.24, 2.45) is 11.5 Å². The molecule has 2 aromatic carbocycles. The van der Waals surface area contributed by atoms with Crippen LogP contribution in [0, 0.1) is 0 Å². The molecule has 0 spiro atoms. The van der Waals surface area contributed by atoms with Crippen molar-refractivity contribution in [2.45, 2.75) is 6.42 Å². The first-order chi connectivity index (χ1) is 9.27. The quantitative estimate of drug-likeness (QED) is 0.695. The van der Waals surface area contributed by atoms with Gasteiger partial charge in [0.2, 0.25) is 0 Å². The van der Waals surface area contributed by atoms with Gasteiger partial charge in [-0.05, 0) is 17.5 Å². The van der Waals surface area contributed by atoms with Crippen molar-refractivity contribution < 1.29 is 4.79 Å². The van der Waals surface area contributed by atoms with Crippen molar-refractivity contribution in [2.75, 3.05) is 13.1 Å². The van der Waals surface area contributed by atoms with E-state index < -0.39 is 0 Å². The van der Waals surface area contributed by atoms with Gasteiger partial charge in [0.05, 0.1) is 0 Å². The van der Waals surface area contributed by atoms with Crippen LogP contribution >= 0.6 is 0 Å². The molecule has 2 aromatic rings. The molecule has 0 fully saturated rings. The van der Waals surface area contributed by atoms with E-state index in [4.69, 9.17) is 11.5 Å². The van der Waals surface area contributed by atoms with Gasteiger partial charge in [-0.3, -0.25) is 4.79 Å². The monoisotopic (exact) mass is 254 g/mol. The summed E-state index contributed by atoms with van der Waals surface area (Å²) in [5.74, 6) is 0.160. The zero-order valence-electron chi connectivity index (χ0n) is 10.8. The van der Waals surface area contributed by atoms with E-state index in [1.165, 1.54) is 0 Å². The molecule has 0 aromatic heterocycles. The third kappa shape index (κ3) is 2.89. The normalized spacial score (nSPS) is 12.0. The molecule has 3 nitrogen and oxygen atoms in total. The summed E-state index contributed by atoms with van der Waals surface area (Å²) >= 11 is 0. The minimum absolute atomic E-state index is 0.160. The summed E-state index contributed by atoms with van der Waals surface area (Å²) in [6.45, 7) is 1.19. The number of ketones is 1. The summed E-state index contributed by atoms with van der Waals surface area (Å²) in [7, 11) is 0. The number of fused-ring (bicyclic) bond motifs is 2. The Hall–Kier alpha value is -1.97. The second-order valence-corrected chi connectivity index (χ2v) is 4.40. The SMILES string of the molecule is NCCN.O=C1c2ccccc2Cc2ccccc21. The zero-order chi connectivity index (χ0) is 13.7. The average Bonchev–Trinajstić information content (AvgIpc) is 2.48. The average molecular weight is 254 g/mol. The van der Waals surface area contributed by atoms with Crippen LogP contribution in [0.5, 0.6) is 0 Å². The van der Waals surface area contributed by atoms with Gasteiger partial charge in [0.25, 0.3) is 0 Å². The van der Waals surface area contributed by atoms with E-state index in [0.29, 0.717) is 13.1 Å².